The summed E-state index contributed by atoms with van der Waals surface area (Å²) in [5, 5.41) is 30.5. The van der Waals surface area contributed by atoms with Gasteiger partial charge in [-0.2, -0.15) is 0 Å². The second-order valence-electron chi connectivity index (χ2n) is 15.8. The molecule has 1 rings (SSSR count). The molecule has 1 aliphatic rings. The van der Waals surface area contributed by atoms with E-state index in [1.54, 1.807) is 12.2 Å². The fourth-order valence-electron chi connectivity index (χ4n) is 6.53. The first-order valence-electron chi connectivity index (χ1n) is 22.4. The smallest absolute Gasteiger partial charge is 0.462 e. The number of ketones is 1. The van der Waals surface area contributed by atoms with E-state index in [0.717, 1.165) is 64.2 Å². The third-order valence-corrected chi connectivity index (χ3v) is 11.5. The predicted molar refractivity (Wildman–Crippen MR) is 235 cm³/mol. The van der Waals surface area contributed by atoms with E-state index in [1.165, 1.54) is 19.3 Å². The van der Waals surface area contributed by atoms with Gasteiger partial charge in [0.2, 0.25) is 0 Å². The molecule has 358 valence electrons. The first-order valence-corrected chi connectivity index (χ1v) is 25.5. The molecule has 0 saturated heterocycles. The lowest BCUT2D eigenvalue weighted by Gasteiger charge is -2.20. The van der Waals surface area contributed by atoms with Gasteiger partial charge < -0.3 is 39.5 Å². The molecule has 16 nitrogen and oxygen atoms in total. The number of aliphatic hydroxyl groups excluding tert-OH is 3. The standard InChI is InChI=1S/C44H76O16P2/c1-3-5-7-8-9-10-11-12-13-14-15-16-17-18-23-27-43(49)56-34-38(35-59-62(54,55)58-33-37(46)32-57-61(51,52)53)60-44(50)28-24-20-19-22-26-39-40(42(48)31-41(39)47)30-29-36(45)25-21-6-4-2/h9-10,12-13,19,22,29-30,36-41,45-47H,3-8,11,14-18,20-21,23-28,31-35H2,1-2H3,(H,54,55)(H2,51,52,53)/b10-9-,13-12-,22-19-,30-29+/t36-,37-,38+,39+,40+,41-/m0/s1. The van der Waals surface area contributed by atoms with Crippen molar-refractivity contribution in [3.63, 3.8) is 0 Å². The maximum absolute atomic E-state index is 12.8. The van der Waals surface area contributed by atoms with Gasteiger partial charge in [-0.25, -0.2) is 9.13 Å². The van der Waals surface area contributed by atoms with E-state index in [-0.39, 0.29) is 31.0 Å². The third kappa shape index (κ3) is 31.5. The van der Waals surface area contributed by atoms with Crippen molar-refractivity contribution in [1.29, 1.82) is 0 Å². The van der Waals surface area contributed by atoms with Gasteiger partial charge in [-0.1, -0.05) is 114 Å². The number of carbonyl (C=O) groups excluding carboxylic acids is 3. The van der Waals surface area contributed by atoms with Gasteiger partial charge in [0.1, 0.15) is 18.5 Å². The van der Waals surface area contributed by atoms with Gasteiger partial charge in [0.15, 0.2) is 6.10 Å². The molecule has 0 spiro atoms. The van der Waals surface area contributed by atoms with E-state index in [9.17, 15) is 43.7 Å². The van der Waals surface area contributed by atoms with Crippen molar-refractivity contribution in [3.8, 4) is 0 Å². The van der Waals surface area contributed by atoms with Crippen LogP contribution in [0.2, 0.25) is 0 Å². The summed E-state index contributed by atoms with van der Waals surface area (Å²) in [5.74, 6) is -2.14. The van der Waals surface area contributed by atoms with Crippen LogP contribution >= 0.6 is 15.6 Å². The Morgan fingerprint density at radius 1 is 0.710 bits per heavy atom. The van der Waals surface area contributed by atoms with Crippen LogP contribution in [0, 0.1) is 11.8 Å². The number of rotatable bonds is 38. The zero-order valence-corrected chi connectivity index (χ0v) is 38.7. The van der Waals surface area contributed by atoms with E-state index in [0.29, 0.717) is 32.1 Å². The highest BCUT2D eigenvalue weighted by atomic mass is 31.2. The Balaban J connectivity index is 2.59. The zero-order chi connectivity index (χ0) is 46.1. The second-order valence-corrected chi connectivity index (χ2v) is 18.4. The average molecular weight is 923 g/mol. The van der Waals surface area contributed by atoms with Crippen LogP contribution in [0.15, 0.2) is 48.6 Å². The van der Waals surface area contributed by atoms with Gasteiger partial charge in [0.25, 0.3) is 0 Å². The van der Waals surface area contributed by atoms with Crippen molar-refractivity contribution in [3.05, 3.63) is 48.6 Å². The number of phosphoric acid groups is 2. The average Bonchev–Trinajstić information content (AvgIpc) is 3.49. The van der Waals surface area contributed by atoms with E-state index in [2.05, 4.69) is 47.2 Å². The van der Waals surface area contributed by atoms with E-state index < -0.39 is 84.3 Å². The summed E-state index contributed by atoms with van der Waals surface area (Å²) in [6, 6.07) is 0. The van der Waals surface area contributed by atoms with Crippen LogP contribution in [-0.4, -0.2) is 98.6 Å². The van der Waals surface area contributed by atoms with Crippen molar-refractivity contribution in [1.82, 2.24) is 0 Å². The highest BCUT2D eigenvalue weighted by molar-refractivity contribution is 7.47. The molecule has 1 aliphatic carbocycles. The Morgan fingerprint density at radius 3 is 1.98 bits per heavy atom. The highest BCUT2D eigenvalue weighted by Crippen LogP contribution is 2.44. The van der Waals surface area contributed by atoms with E-state index in [4.69, 9.17) is 23.8 Å². The van der Waals surface area contributed by atoms with Gasteiger partial charge in [-0.05, 0) is 64.2 Å². The molecule has 6 N–H and O–H groups in total. The van der Waals surface area contributed by atoms with Gasteiger partial charge in [0, 0.05) is 31.1 Å². The summed E-state index contributed by atoms with van der Waals surface area (Å²) in [6.07, 6.45) is 27.6. The number of carbonyl (C=O) groups is 3. The third-order valence-electron chi connectivity index (χ3n) is 10.1. The maximum atomic E-state index is 12.8. The predicted octanol–water partition coefficient (Wildman–Crippen LogP) is 8.04. The van der Waals surface area contributed by atoms with E-state index in [1.807, 2.05) is 12.2 Å². The Kier molecular flexibility index (Phi) is 32.6. The maximum Gasteiger partial charge on any atom is 0.472 e. The molecule has 62 heavy (non-hydrogen) atoms. The fraction of sp³-hybridized carbons (Fsp3) is 0.750. The number of ether oxygens (including phenoxy) is 2. The molecule has 0 aliphatic heterocycles. The summed E-state index contributed by atoms with van der Waals surface area (Å²) < 4.78 is 47.7. The number of aliphatic hydroxyl groups is 3. The number of Topliss-reactive ketones (excluding diaryl/α,β-unsaturated/α-hetero) is 1. The minimum atomic E-state index is -4.90. The van der Waals surface area contributed by atoms with E-state index >= 15 is 0 Å². The summed E-state index contributed by atoms with van der Waals surface area (Å²) in [6.45, 7) is 1.30. The minimum Gasteiger partial charge on any atom is -0.462 e. The SMILES string of the molecule is CCCCC/C=C\C/C=C\CCCCCCCC(=O)OC[C@H](COP(=O)(O)OC[C@@H](O)COP(=O)(O)O)OC(=O)CCC/C=C\C[C@H]1[C@@H](O)CC(=O)[C@@H]1/C=C/[C@@H](O)CCCCC. The first kappa shape index (κ1) is 57.7. The van der Waals surface area contributed by atoms with Crippen molar-refractivity contribution in [2.24, 2.45) is 11.8 Å². The molecule has 18 heteroatoms. The largest absolute Gasteiger partial charge is 0.472 e. The number of esters is 2. The fourth-order valence-corrected chi connectivity index (χ4v) is 7.69. The molecule has 1 saturated carbocycles. The van der Waals surface area contributed by atoms with Crippen molar-refractivity contribution in [2.75, 3.05) is 26.4 Å². The van der Waals surface area contributed by atoms with Crippen LogP contribution in [0.1, 0.15) is 149 Å². The van der Waals surface area contributed by atoms with Crippen LogP contribution in [0.4, 0.5) is 0 Å². The lowest BCUT2D eigenvalue weighted by atomic mass is 9.90. The summed E-state index contributed by atoms with van der Waals surface area (Å²) in [4.78, 5) is 65.4. The Labute approximate surface area is 369 Å². The van der Waals surface area contributed by atoms with Gasteiger partial charge in [-0.15, -0.1) is 0 Å². The van der Waals surface area contributed by atoms with Gasteiger partial charge in [0.05, 0.1) is 32.0 Å². The van der Waals surface area contributed by atoms with Crippen LogP contribution in [-0.2, 0) is 46.6 Å². The summed E-state index contributed by atoms with van der Waals surface area (Å²) in [7, 11) is -9.79. The van der Waals surface area contributed by atoms with Gasteiger partial charge in [-0.3, -0.25) is 28.0 Å². The quantitative estimate of drug-likeness (QED) is 0.0148. The molecule has 0 radical (unpaired) electrons. The number of unbranched alkanes of at least 4 members (excludes halogenated alkanes) is 11. The van der Waals surface area contributed by atoms with Gasteiger partial charge >= 0.3 is 27.6 Å². The monoisotopic (exact) mass is 922 g/mol. The molecule has 1 fully saturated rings. The zero-order valence-electron chi connectivity index (χ0n) is 36.9. The topological polar surface area (TPSA) is 253 Å². The Hall–Kier alpha value is -2.33. The van der Waals surface area contributed by atoms with Crippen molar-refractivity contribution < 1.29 is 76.6 Å². The molecule has 1 unspecified atom stereocenters. The van der Waals surface area contributed by atoms with Crippen LogP contribution in [0.3, 0.4) is 0 Å². The first-order chi connectivity index (χ1) is 29.6. The summed E-state index contributed by atoms with van der Waals surface area (Å²) in [5.41, 5.74) is 0. The number of phosphoric ester groups is 2. The van der Waals surface area contributed by atoms with Crippen LogP contribution < -0.4 is 0 Å². The van der Waals surface area contributed by atoms with Crippen LogP contribution in [0.25, 0.3) is 0 Å². The Morgan fingerprint density at radius 2 is 1.29 bits per heavy atom. The summed E-state index contributed by atoms with van der Waals surface area (Å²) >= 11 is 0. The molecular weight excluding hydrogens is 846 g/mol. The van der Waals surface area contributed by atoms with Crippen molar-refractivity contribution in [2.45, 2.75) is 173 Å². The molecule has 0 heterocycles. The lowest BCUT2D eigenvalue weighted by molar-refractivity contribution is -0.161. The molecule has 0 amide bonds. The number of hydrogen-bond acceptors (Lipinski definition) is 13. The number of hydrogen-bond donors (Lipinski definition) is 6. The highest BCUT2D eigenvalue weighted by Gasteiger charge is 2.39. The molecule has 0 aromatic carbocycles. The molecule has 7 atom stereocenters. The Bertz CT molecular complexity index is 1440. The molecule has 0 bridgehead atoms. The van der Waals surface area contributed by atoms with Crippen molar-refractivity contribution >= 4 is 33.4 Å². The normalized spacial score (nSPS) is 19.8. The number of allylic oxidation sites excluding steroid dienone is 7. The molecule has 0 aromatic rings. The molecule has 0 aromatic heterocycles. The minimum absolute atomic E-state index is 0.0515. The van der Waals surface area contributed by atoms with Crippen LogP contribution in [0.5, 0.6) is 0 Å². The lowest BCUT2D eigenvalue weighted by Crippen LogP contribution is -2.29. The molecular formula is C44H76O16P2. The second kappa shape index (κ2) is 35.0.